The maximum Gasteiger partial charge on any atom is 0.295 e. The van der Waals surface area contributed by atoms with Crippen molar-refractivity contribution in [2.75, 3.05) is 5.32 Å². The minimum absolute atomic E-state index is 0.250. The molecule has 0 atom stereocenters. The number of amides is 1. The van der Waals surface area contributed by atoms with Crippen LogP contribution >= 0.6 is 22.9 Å². The Morgan fingerprint density at radius 2 is 1.74 bits per heavy atom. The molecule has 0 aliphatic carbocycles. The lowest BCUT2D eigenvalue weighted by Gasteiger charge is -2.07. The zero-order chi connectivity index (χ0) is 19.1. The quantitative estimate of drug-likeness (QED) is 0.549. The zero-order valence-electron chi connectivity index (χ0n) is 14.7. The fourth-order valence-corrected chi connectivity index (χ4v) is 4.45. The Hall–Kier alpha value is -2.83. The van der Waals surface area contributed by atoms with E-state index in [-0.39, 0.29) is 17.2 Å². The number of carbonyl (C=O) groups is 1. The molecule has 1 N–H and O–H groups in total. The fourth-order valence-electron chi connectivity index (χ4n) is 3.04. The first-order chi connectivity index (χ1) is 13.0. The van der Waals surface area contributed by atoms with Crippen molar-refractivity contribution in [2.45, 2.75) is 6.92 Å². The first-order valence-corrected chi connectivity index (χ1v) is 9.51. The van der Waals surface area contributed by atoms with Crippen LogP contribution < -0.4 is 10.9 Å². The lowest BCUT2D eigenvalue weighted by atomic mass is 10.2. The molecule has 27 heavy (non-hydrogen) atoms. The summed E-state index contributed by atoms with van der Waals surface area (Å²) < 4.78 is 4.18. The van der Waals surface area contributed by atoms with Crippen LogP contribution in [0.5, 0.6) is 0 Å². The summed E-state index contributed by atoms with van der Waals surface area (Å²) in [6, 6.07) is 16.9. The van der Waals surface area contributed by atoms with Crippen molar-refractivity contribution in [3.05, 3.63) is 80.5 Å². The van der Waals surface area contributed by atoms with Crippen molar-refractivity contribution in [1.29, 1.82) is 0 Å². The Bertz CT molecular complexity index is 1220. The second kappa shape index (κ2) is 6.72. The van der Waals surface area contributed by atoms with E-state index in [4.69, 9.17) is 11.6 Å². The van der Waals surface area contributed by atoms with E-state index >= 15 is 0 Å². The summed E-state index contributed by atoms with van der Waals surface area (Å²) in [5.74, 6) is -0.382. The van der Waals surface area contributed by atoms with Crippen molar-refractivity contribution in [3.8, 4) is 5.69 Å². The highest BCUT2D eigenvalue weighted by Crippen LogP contribution is 2.35. The highest BCUT2D eigenvalue weighted by Gasteiger charge is 2.22. The van der Waals surface area contributed by atoms with E-state index < -0.39 is 0 Å². The van der Waals surface area contributed by atoms with Crippen LogP contribution in [0.3, 0.4) is 0 Å². The monoisotopic (exact) mass is 397 g/mol. The molecule has 0 aliphatic heterocycles. The summed E-state index contributed by atoms with van der Waals surface area (Å²) in [5.41, 5.74) is 1.36. The number of hydrogen-bond acceptors (Lipinski definition) is 3. The van der Waals surface area contributed by atoms with Gasteiger partial charge in [0.15, 0.2) is 0 Å². The molecule has 4 rings (SSSR count). The van der Waals surface area contributed by atoms with Crippen LogP contribution in [0.4, 0.5) is 5.69 Å². The smallest absolute Gasteiger partial charge is 0.295 e. The molecule has 1 amide bonds. The number of fused-ring (bicyclic) bond motifs is 1. The molecule has 2 heterocycles. The molecular formula is C20H16ClN3O2S. The number of nitrogens with one attached hydrogen (secondary N) is 1. The van der Waals surface area contributed by atoms with Gasteiger partial charge in [0.1, 0.15) is 10.6 Å². The third-order valence-corrected chi connectivity index (χ3v) is 6.21. The number of carbonyl (C=O) groups excluding carboxylic acids is 1. The predicted octanol–water partition coefficient (Wildman–Crippen LogP) is 4.60. The molecule has 2 aromatic carbocycles. The van der Waals surface area contributed by atoms with Crippen LogP contribution in [0.2, 0.25) is 5.02 Å². The van der Waals surface area contributed by atoms with E-state index in [1.165, 1.54) is 16.0 Å². The molecule has 136 valence electrons. The highest BCUT2D eigenvalue weighted by atomic mass is 35.5. The van der Waals surface area contributed by atoms with Crippen molar-refractivity contribution in [1.82, 2.24) is 9.36 Å². The summed E-state index contributed by atoms with van der Waals surface area (Å²) in [6.07, 6.45) is 0. The highest BCUT2D eigenvalue weighted by molar-refractivity contribution is 7.21. The molecule has 0 bridgehead atoms. The van der Waals surface area contributed by atoms with Gasteiger partial charge in [-0.25, -0.2) is 4.68 Å². The van der Waals surface area contributed by atoms with Crippen LogP contribution in [0.25, 0.3) is 15.8 Å². The first kappa shape index (κ1) is 17.6. The number of anilines is 1. The Morgan fingerprint density at radius 3 is 2.44 bits per heavy atom. The molecule has 2 aromatic heterocycles. The van der Waals surface area contributed by atoms with E-state index in [2.05, 4.69) is 5.32 Å². The molecular weight excluding hydrogens is 382 g/mol. The molecule has 0 unspecified atom stereocenters. The van der Waals surface area contributed by atoms with Gasteiger partial charge >= 0.3 is 0 Å². The Labute approximate surface area is 164 Å². The zero-order valence-corrected chi connectivity index (χ0v) is 16.3. The lowest BCUT2D eigenvalue weighted by molar-refractivity contribution is 0.103. The van der Waals surface area contributed by atoms with E-state index in [0.717, 1.165) is 15.8 Å². The van der Waals surface area contributed by atoms with Gasteiger partial charge in [0.2, 0.25) is 0 Å². The van der Waals surface area contributed by atoms with Crippen molar-refractivity contribution >= 4 is 44.6 Å². The molecule has 0 saturated carbocycles. The summed E-state index contributed by atoms with van der Waals surface area (Å²) in [4.78, 5) is 26.2. The Morgan fingerprint density at radius 1 is 1.07 bits per heavy atom. The molecule has 5 nitrogen and oxygen atoms in total. The van der Waals surface area contributed by atoms with Gasteiger partial charge in [0.25, 0.3) is 11.5 Å². The second-order valence-electron chi connectivity index (χ2n) is 6.13. The first-order valence-electron chi connectivity index (χ1n) is 8.31. The number of para-hydroxylation sites is 1. The number of hydrogen-bond donors (Lipinski definition) is 1. The predicted molar refractivity (Wildman–Crippen MR) is 111 cm³/mol. The van der Waals surface area contributed by atoms with Gasteiger partial charge < -0.3 is 5.32 Å². The number of nitrogens with zero attached hydrogens (tertiary/aromatic N) is 2. The third kappa shape index (κ3) is 2.87. The molecule has 4 aromatic rings. The lowest BCUT2D eigenvalue weighted by Crippen LogP contribution is -2.22. The van der Waals surface area contributed by atoms with Crippen molar-refractivity contribution in [2.24, 2.45) is 7.05 Å². The number of aromatic nitrogens is 2. The van der Waals surface area contributed by atoms with Crippen LogP contribution in [0.15, 0.2) is 59.4 Å². The fraction of sp³-hybridized carbons (Fsp3) is 0.100. The second-order valence-corrected chi connectivity index (χ2v) is 7.56. The number of rotatable bonds is 3. The summed E-state index contributed by atoms with van der Waals surface area (Å²) >= 11 is 7.70. The molecule has 0 radical (unpaired) electrons. The topological polar surface area (TPSA) is 56.0 Å². The number of benzene rings is 2. The van der Waals surface area contributed by atoms with Crippen molar-refractivity contribution < 1.29 is 4.79 Å². The van der Waals surface area contributed by atoms with Crippen molar-refractivity contribution in [3.63, 3.8) is 0 Å². The van der Waals surface area contributed by atoms with E-state index in [0.29, 0.717) is 15.6 Å². The van der Waals surface area contributed by atoms with Gasteiger partial charge in [0, 0.05) is 17.1 Å². The van der Waals surface area contributed by atoms with Gasteiger partial charge in [-0.3, -0.25) is 14.3 Å². The largest absolute Gasteiger partial charge is 0.315 e. The van der Waals surface area contributed by atoms with Crippen LogP contribution in [0.1, 0.15) is 15.4 Å². The van der Waals surface area contributed by atoms with Crippen LogP contribution in [-0.4, -0.2) is 15.3 Å². The normalized spacial score (nSPS) is 11.1. The van der Waals surface area contributed by atoms with E-state index in [1.54, 1.807) is 18.7 Å². The van der Waals surface area contributed by atoms with Gasteiger partial charge in [-0.2, -0.15) is 0 Å². The molecule has 7 heteroatoms. The van der Waals surface area contributed by atoms with Gasteiger partial charge in [-0.1, -0.05) is 48.0 Å². The minimum atomic E-state index is -0.382. The average molecular weight is 398 g/mol. The molecule has 0 spiro atoms. The van der Waals surface area contributed by atoms with E-state index in [1.807, 2.05) is 54.6 Å². The summed E-state index contributed by atoms with van der Waals surface area (Å²) in [7, 11) is 1.78. The summed E-state index contributed by atoms with van der Waals surface area (Å²) in [6.45, 7) is 1.79. The Kier molecular flexibility index (Phi) is 4.37. The minimum Gasteiger partial charge on any atom is -0.315 e. The molecule has 0 fully saturated rings. The maximum absolute atomic E-state index is 12.9. The number of halogens is 1. The Balaban J connectivity index is 1.76. The number of thiophene rings is 1. The maximum atomic E-state index is 12.9. The van der Waals surface area contributed by atoms with Gasteiger partial charge in [0.05, 0.1) is 16.4 Å². The SMILES string of the molecule is Cc1c(NC(=O)c2sc3ccccc3c2Cl)c(=O)n(-c2ccccc2)n1C. The van der Waals surface area contributed by atoms with E-state index in [9.17, 15) is 9.59 Å². The molecule has 0 aliphatic rings. The van der Waals surface area contributed by atoms with Gasteiger partial charge in [-0.15, -0.1) is 11.3 Å². The summed E-state index contributed by atoms with van der Waals surface area (Å²) in [5, 5.41) is 4.00. The third-order valence-electron chi connectivity index (χ3n) is 4.53. The standard InChI is InChI=1S/C20H16ClN3O2S/c1-12-17(20(26)24(23(12)2)13-8-4-3-5-9-13)22-19(25)18-16(21)14-10-6-7-11-15(14)27-18/h3-11H,1-2H3,(H,22,25). The average Bonchev–Trinajstić information content (AvgIpc) is 3.12. The van der Waals surface area contributed by atoms with Crippen LogP contribution in [0, 0.1) is 6.92 Å². The molecule has 0 saturated heterocycles. The van der Waals surface area contributed by atoms with Gasteiger partial charge in [-0.05, 0) is 25.1 Å². The van der Waals surface area contributed by atoms with Crippen LogP contribution in [-0.2, 0) is 7.05 Å².